The fourth-order valence-electron chi connectivity index (χ4n) is 9.28. The van der Waals surface area contributed by atoms with Crippen LogP contribution in [0.3, 0.4) is 0 Å². The van der Waals surface area contributed by atoms with Gasteiger partial charge < -0.3 is 4.57 Å². The Balaban J connectivity index is 1.05. The number of hydrogen-bond donors (Lipinski definition) is 0. The Morgan fingerprint density at radius 3 is 1.15 bits per heavy atom. The highest BCUT2D eigenvalue weighted by atomic mass is 15.0. The molecule has 11 rings (SSSR count). The van der Waals surface area contributed by atoms with Gasteiger partial charge in [0.2, 0.25) is 0 Å². The summed E-state index contributed by atoms with van der Waals surface area (Å²) in [5.41, 5.74) is 17.1. The summed E-state index contributed by atoms with van der Waals surface area (Å²) in [5.74, 6) is 0. The van der Waals surface area contributed by atoms with Gasteiger partial charge in [0.15, 0.2) is 0 Å². The monoisotopic (exact) mass is 705 g/mol. The smallest absolute Gasteiger partial charge is 0.0547 e. The minimum atomic E-state index is 0.107. The predicted octanol–water partition coefficient (Wildman–Crippen LogP) is 15.3. The van der Waals surface area contributed by atoms with Crippen molar-refractivity contribution in [1.82, 2.24) is 4.57 Å². The van der Waals surface area contributed by atoms with Crippen LogP contribution in [0.1, 0.15) is 52.7 Å². The second-order valence-electron chi connectivity index (χ2n) is 17.9. The maximum Gasteiger partial charge on any atom is 0.0547 e. The standard InChI is InChI=1S/C54H43N/c1-53(2,3)40-20-15-32(16-21-40)43-27-38-30-47-45-26-36-19-24-42(55-49-11-7-9-34-13-14-35-10-8-12-50(55)52(35)51(34)49)25-37(36)29-46(45)48(47)31-39(38)28-44(43)33-17-22-41(23-18-33)54(4,5)6/h7-31H,1-6H3. The highest BCUT2D eigenvalue weighted by Crippen LogP contribution is 2.51. The van der Waals surface area contributed by atoms with Crippen molar-refractivity contribution < 1.29 is 0 Å². The first-order chi connectivity index (χ1) is 26.5. The molecule has 1 aliphatic rings. The maximum atomic E-state index is 2.45. The molecule has 0 saturated carbocycles. The third-order valence-electron chi connectivity index (χ3n) is 12.4. The summed E-state index contributed by atoms with van der Waals surface area (Å²) in [5, 5.41) is 10.4. The Morgan fingerprint density at radius 1 is 0.327 bits per heavy atom. The zero-order chi connectivity index (χ0) is 37.4. The third kappa shape index (κ3) is 4.85. The minimum absolute atomic E-state index is 0.107. The van der Waals surface area contributed by atoms with Gasteiger partial charge in [0, 0.05) is 16.5 Å². The summed E-state index contributed by atoms with van der Waals surface area (Å²) in [7, 11) is 0. The van der Waals surface area contributed by atoms with Gasteiger partial charge in [-0.25, -0.2) is 0 Å². The molecule has 55 heavy (non-hydrogen) atoms. The van der Waals surface area contributed by atoms with Crippen LogP contribution >= 0.6 is 0 Å². The topological polar surface area (TPSA) is 4.93 Å². The van der Waals surface area contributed by atoms with E-state index >= 15 is 0 Å². The van der Waals surface area contributed by atoms with Crippen molar-refractivity contribution >= 4 is 54.1 Å². The van der Waals surface area contributed by atoms with E-state index in [1.165, 1.54) is 115 Å². The van der Waals surface area contributed by atoms with Crippen LogP contribution in [-0.4, -0.2) is 4.57 Å². The van der Waals surface area contributed by atoms with Crippen LogP contribution < -0.4 is 0 Å². The van der Waals surface area contributed by atoms with E-state index in [0.29, 0.717) is 0 Å². The fourth-order valence-corrected chi connectivity index (χ4v) is 9.28. The van der Waals surface area contributed by atoms with Crippen LogP contribution in [0.25, 0.3) is 104 Å². The molecular weight excluding hydrogens is 663 g/mol. The summed E-state index contributed by atoms with van der Waals surface area (Å²) < 4.78 is 2.45. The molecule has 1 aliphatic carbocycles. The lowest BCUT2D eigenvalue weighted by molar-refractivity contribution is 0.590. The summed E-state index contributed by atoms with van der Waals surface area (Å²) >= 11 is 0. The maximum absolute atomic E-state index is 2.45. The molecule has 10 aromatic rings. The number of rotatable bonds is 3. The van der Waals surface area contributed by atoms with E-state index in [4.69, 9.17) is 0 Å². The molecule has 0 aliphatic heterocycles. The van der Waals surface area contributed by atoms with Crippen molar-refractivity contribution in [3.63, 3.8) is 0 Å². The molecule has 1 aromatic heterocycles. The van der Waals surface area contributed by atoms with Crippen LogP contribution in [0.2, 0.25) is 0 Å². The van der Waals surface area contributed by atoms with Gasteiger partial charge in [0.25, 0.3) is 0 Å². The summed E-state index contributed by atoms with van der Waals surface area (Å²) in [4.78, 5) is 0. The Morgan fingerprint density at radius 2 is 0.709 bits per heavy atom. The molecule has 0 fully saturated rings. The van der Waals surface area contributed by atoms with Gasteiger partial charge >= 0.3 is 0 Å². The van der Waals surface area contributed by atoms with Crippen molar-refractivity contribution in [2.24, 2.45) is 0 Å². The normalized spacial score (nSPS) is 12.9. The van der Waals surface area contributed by atoms with Gasteiger partial charge in [-0.3, -0.25) is 0 Å². The largest absolute Gasteiger partial charge is 0.309 e. The quantitative estimate of drug-likeness (QED) is 0.161. The Kier molecular flexibility index (Phi) is 6.56. The lowest BCUT2D eigenvalue weighted by Crippen LogP contribution is -2.10. The molecule has 0 saturated heterocycles. The van der Waals surface area contributed by atoms with Crippen LogP contribution in [0, 0.1) is 0 Å². The zero-order valence-corrected chi connectivity index (χ0v) is 32.4. The molecule has 1 heteroatoms. The van der Waals surface area contributed by atoms with Crippen LogP contribution in [0.5, 0.6) is 0 Å². The van der Waals surface area contributed by atoms with Gasteiger partial charge in [-0.05, 0) is 159 Å². The number of nitrogens with zero attached hydrogens (tertiary/aromatic N) is 1. The van der Waals surface area contributed by atoms with Crippen molar-refractivity contribution in [3.8, 4) is 50.2 Å². The average molecular weight is 706 g/mol. The highest BCUT2D eigenvalue weighted by Gasteiger charge is 2.25. The number of hydrogen-bond acceptors (Lipinski definition) is 0. The van der Waals surface area contributed by atoms with Crippen LogP contribution in [-0.2, 0) is 10.8 Å². The molecule has 0 spiro atoms. The molecule has 0 amide bonds. The zero-order valence-electron chi connectivity index (χ0n) is 32.4. The second kappa shape index (κ2) is 11.2. The molecule has 1 heterocycles. The average Bonchev–Trinajstić information content (AvgIpc) is 3.53. The van der Waals surface area contributed by atoms with Crippen molar-refractivity contribution in [2.75, 3.05) is 0 Å². The van der Waals surface area contributed by atoms with E-state index in [0.717, 1.165) is 0 Å². The summed E-state index contributed by atoms with van der Waals surface area (Å²) in [6, 6.07) is 57.9. The SMILES string of the molecule is CC(C)(C)c1ccc(-c2cc3cc4c(cc3cc2-c2ccc(C(C)(C)C)cc2)-c2cc3cc(-n5c6cccc7ccc8cccc5c8c76)ccc3cc2-4)cc1. The molecule has 0 unspecified atom stereocenters. The van der Waals surface area contributed by atoms with Crippen molar-refractivity contribution in [2.45, 2.75) is 52.4 Å². The fraction of sp³-hybridized carbons (Fsp3) is 0.148. The van der Waals surface area contributed by atoms with Gasteiger partial charge in [-0.1, -0.05) is 133 Å². The van der Waals surface area contributed by atoms with Gasteiger partial charge in [0.05, 0.1) is 11.0 Å². The number of aromatic nitrogens is 1. The van der Waals surface area contributed by atoms with E-state index in [2.05, 4.69) is 198 Å². The molecule has 264 valence electrons. The van der Waals surface area contributed by atoms with Gasteiger partial charge in [0.1, 0.15) is 0 Å². The molecule has 1 nitrogen and oxygen atoms in total. The molecule has 0 N–H and O–H groups in total. The molecule has 9 aromatic carbocycles. The molecule has 0 atom stereocenters. The third-order valence-corrected chi connectivity index (χ3v) is 12.4. The summed E-state index contributed by atoms with van der Waals surface area (Å²) in [6.07, 6.45) is 0. The Hall–Kier alpha value is -6.18. The predicted molar refractivity (Wildman–Crippen MR) is 237 cm³/mol. The second-order valence-corrected chi connectivity index (χ2v) is 17.9. The summed E-state index contributed by atoms with van der Waals surface area (Å²) in [6.45, 7) is 13.7. The highest BCUT2D eigenvalue weighted by molar-refractivity contribution is 6.24. The van der Waals surface area contributed by atoms with Gasteiger partial charge in [-0.2, -0.15) is 0 Å². The number of fused-ring (bicyclic) bond motifs is 6. The minimum Gasteiger partial charge on any atom is -0.309 e. The Bertz CT molecular complexity index is 3110. The van der Waals surface area contributed by atoms with E-state index in [9.17, 15) is 0 Å². The first kappa shape index (κ1) is 32.3. The molecule has 0 radical (unpaired) electrons. The lowest BCUT2D eigenvalue weighted by Gasteiger charge is -2.26. The van der Waals surface area contributed by atoms with Crippen molar-refractivity contribution in [3.05, 3.63) is 163 Å². The number of benzene rings is 9. The molecular formula is C54H43N. The van der Waals surface area contributed by atoms with Crippen LogP contribution in [0.15, 0.2) is 152 Å². The van der Waals surface area contributed by atoms with E-state index < -0.39 is 0 Å². The van der Waals surface area contributed by atoms with E-state index in [1.54, 1.807) is 0 Å². The molecule has 0 bridgehead atoms. The Labute approximate surface area is 322 Å². The van der Waals surface area contributed by atoms with E-state index in [1.807, 2.05) is 0 Å². The van der Waals surface area contributed by atoms with Crippen LogP contribution in [0.4, 0.5) is 0 Å². The lowest BCUT2D eigenvalue weighted by atomic mass is 9.77. The first-order valence-corrected chi connectivity index (χ1v) is 19.7. The van der Waals surface area contributed by atoms with Gasteiger partial charge in [-0.15, -0.1) is 0 Å². The first-order valence-electron chi connectivity index (χ1n) is 19.7. The van der Waals surface area contributed by atoms with E-state index in [-0.39, 0.29) is 10.8 Å². The van der Waals surface area contributed by atoms with Crippen molar-refractivity contribution in [1.29, 1.82) is 0 Å².